The molecule has 9 nitrogen and oxygen atoms in total. The number of fused-ring (bicyclic) bond motifs is 1. The molecular weight excluding hydrogens is 443 g/mol. The van der Waals surface area contributed by atoms with E-state index in [4.69, 9.17) is 4.74 Å². The van der Waals surface area contributed by atoms with Crippen LogP contribution in [0.1, 0.15) is 34.6 Å². The summed E-state index contributed by atoms with van der Waals surface area (Å²) in [5, 5.41) is 3.33. The first-order valence-electron chi connectivity index (χ1n) is 9.39. The van der Waals surface area contributed by atoms with Gasteiger partial charge in [-0.2, -0.15) is 13.2 Å². The van der Waals surface area contributed by atoms with Gasteiger partial charge in [-0.3, -0.25) is 5.32 Å². The molecule has 0 saturated heterocycles. The summed E-state index contributed by atoms with van der Waals surface area (Å²) in [6, 6.07) is 0. The number of thiophene rings is 1. The largest absolute Gasteiger partial charge is 0.465 e. The number of amides is 1. The van der Waals surface area contributed by atoms with Gasteiger partial charge in [-0.15, -0.1) is 11.3 Å². The first-order valence-corrected chi connectivity index (χ1v) is 10.2. The molecule has 1 aromatic heterocycles. The lowest BCUT2D eigenvalue weighted by atomic mass is 10.0. The van der Waals surface area contributed by atoms with Crippen LogP contribution in [0.25, 0.3) is 0 Å². The first kappa shape index (κ1) is 24.7. The summed E-state index contributed by atoms with van der Waals surface area (Å²) in [6.07, 6.45) is -6.43. The number of hydrogen-bond donors (Lipinski definition) is 2. The van der Waals surface area contributed by atoms with Crippen LogP contribution >= 0.6 is 11.3 Å². The van der Waals surface area contributed by atoms with Gasteiger partial charge in [-0.05, 0) is 32.9 Å². The predicted octanol–water partition coefficient (Wildman–Crippen LogP) is 2.50. The summed E-state index contributed by atoms with van der Waals surface area (Å²) in [4.78, 5) is 39.5. The second kappa shape index (κ2) is 9.73. The average Bonchev–Trinajstić information content (AvgIpc) is 3.02. The quantitative estimate of drug-likeness (QED) is 0.358. The zero-order valence-corrected chi connectivity index (χ0v) is 18.3. The van der Waals surface area contributed by atoms with Crippen molar-refractivity contribution >= 4 is 34.4 Å². The van der Waals surface area contributed by atoms with Crippen molar-refractivity contribution in [3.05, 3.63) is 16.0 Å². The van der Waals surface area contributed by atoms with Gasteiger partial charge in [0.1, 0.15) is 5.00 Å². The molecule has 31 heavy (non-hydrogen) atoms. The fourth-order valence-corrected chi connectivity index (χ4v) is 4.43. The number of hydrogen-bond acceptors (Lipinski definition) is 9. The Labute approximate surface area is 180 Å². The molecule has 1 aromatic rings. The minimum Gasteiger partial charge on any atom is -0.465 e. The highest BCUT2D eigenvalue weighted by molar-refractivity contribution is 7.16. The van der Waals surface area contributed by atoms with Crippen LogP contribution in [0, 0.1) is 0 Å². The molecule has 0 bridgehead atoms. The van der Waals surface area contributed by atoms with E-state index >= 15 is 0 Å². The van der Waals surface area contributed by atoms with E-state index in [-0.39, 0.29) is 23.8 Å². The third-order valence-electron chi connectivity index (χ3n) is 4.51. The van der Waals surface area contributed by atoms with Crippen molar-refractivity contribution in [1.29, 1.82) is 0 Å². The normalized spacial score (nSPS) is 16.0. The number of alkyl halides is 3. The molecule has 1 aliphatic rings. The topological polar surface area (TPSA) is 106 Å². The second-order valence-corrected chi connectivity index (χ2v) is 7.73. The fraction of sp³-hybridized carbons (Fsp3) is 0.611. The van der Waals surface area contributed by atoms with E-state index in [9.17, 15) is 27.6 Å². The zero-order valence-electron chi connectivity index (χ0n) is 17.5. The molecule has 2 rings (SSSR count). The Morgan fingerprint density at radius 1 is 1.16 bits per heavy atom. The monoisotopic (exact) mass is 467 g/mol. The number of methoxy groups -OCH3 is 1. The predicted molar refractivity (Wildman–Crippen MR) is 105 cm³/mol. The molecule has 0 saturated carbocycles. The van der Waals surface area contributed by atoms with Gasteiger partial charge in [0.05, 0.1) is 25.9 Å². The number of anilines is 1. The lowest BCUT2D eigenvalue weighted by molar-refractivity contribution is -0.205. The Morgan fingerprint density at radius 2 is 1.81 bits per heavy atom. The van der Waals surface area contributed by atoms with Crippen molar-refractivity contribution in [1.82, 2.24) is 10.2 Å². The van der Waals surface area contributed by atoms with E-state index in [0.717, 1.165) is 18.4 Å². The van der Waals surface area contributed by atoms with Crippen LogP contribution in [0.15, 0.2) is 0 Å². The molecule has 1 atom stereocenters. The van der Waals surface area contributed by atoms with E-state index in [1.54, 1.807) is 5.32 Å². The number of likely N-dealkylation sites (N-methyl/N-ethyl adjacent to an activating group) is 1. The van der Waals surface area contributed by atoms with Gasteiger partial charge < -0.3 is 24.4 Å². The molecule has 2 N–H and O–H groups in total. The standard InChI is InChI=1S/C18H24F3N3O6S/c1-5-29-15(26)17(18(19,20)21,23-16(27)30-6-2)22-13-12(14(25)28-4)10-7-8-24(3)9-11(10)31-13/h22H,5-9H2,1-4H3,(H,23,27)/t17-/m1/s1. The van der Waals surface area contributed by atoms with Gasteiger partial charge in [-0.25, -0.2) is 14.4 Å². The Bertz CT molecular complexity index is 844. The minimum absolute atomic E-state index is 0.112. The zero-order chi connectivity index (χ0) is 23.4. The van der Waals surface area contributed by atoms with Gasteiger partial charge in [0, 0.05) is 18.0 Å². The highest BCUT2D eigenvalue weighted by Gasteiger charge is 2.64. The molecule has 174 valence electrons. The van der Waals surface area contributed by atoms with Crippen LogP contribution in [0.4, 0.5) is 23.0 Å². The van der Waals surface area contributed by atoms with Gasteiger partial charge in [0.2, 0.25) is 0 Å². The van der Waals surface area contributed by atoms with Crippen LogP contribution in [0.5, 0.6) is 0 Å². The van der Waals surface area contributed by atoms with Gasteiger partial charge >= 0.3 is 29.9 Å². The first-order chi connectivity index (χ1) is 14.5. The summed E-state index contributed by atoms with van der Waals surface area (Å²) in [6.45, 7) is 3.09. The highest BCUT2D eigenvalue weighted by Crippen LogP contribution is 2.41. The number of esters is 2. The maximum Gasteiger partial charge on any atom is 0.442 e. The summed E-state index contributed by atoms with van der Waals surface area (Å²) >= 11 is 0.875. The van der Waals surface area contributed by atoms with Gasteiger partial charge in [0.15, 0.2) is 0 Å². The van der Waals surface area contributed by atoms with Gasteiger partial charge in [-0.1, -0.05) is 0 Å². The summed E-state index contributed by atoms with van der Waals surface area (Å²) in [7, 11) is 2.93. The molecule has 1 aliphatic heterocycles. The van der Waals surface area contributed by atoms with Crippen molar-refractivity contribution in [3.8, 4) is 0 Å². The van der Waals surface area contributed by atoms with Crippen molar-refractivity contribution < 1.29 is 41.8 Å². The van der Waals surface area contributed by atoms with E-state index in [1.807, 2.05) is 17.3 Å². The molecule has 0 aromatic carbocycles. The number of rotatable bonds is 7. The molecule has 2 heterocycles. The molecule has 0 aliphatic carbocycles. The summed E-state index contributed by atoms with van der Waals surface area (Å²) in [5.41, 5.74) is -3.26. The number of ether oxygens (including phenoxy) is 3. The van der Waals surface area contributed by atoms with E-state index < -0.39 is 29.9 Å². The number of nitrogens with zero attached hydrogens (tertiary/aromatic N) is 1. The Morgan fingerprint density at radius 3 is 2.35 bits per heavy atom. The third kappa shape index (κ3) is 5.03. The summed E-state index contributed by atoms with van der Waals surface area (Å²) in [5.74, 6) is -2.66. The fourth-order valence-electron chi connectivity index (χ4n) is 3.06. The molecule has 0 spiro atoms. The Balaban J connectivity index is 2.64. The Hall–Kier alpha value is -2.54. The highest BCUT2D eigenvalue weighted by atomic mass is 32.1. The molecule has 0 radical (unpaired) electrons. The van der Waals surface area contributed by atoms with Crippen molar-refractivity contribution in [2.45, 2.75) is 38.7 Å². The maximum absolute atomic E-state index is 14.2. The summed E-state index contributed by atoms with van der Waals surface area (Å²) < 4.78 is 56.7. The van der Waals surface area contributed by atoms with Crippen molar-refractivity contribution in [2.24, 2.45) is 0 Å². The smallest absolute Gasteiger partial charge is 0.442 e. The van der Waals surface area contributed by atoms with Crippen LogP contribution in [0.2, 0.25) is 0 Å². The van der Waals surface area contributed by atoms with Crippen LogP contribution in [-0.2, 0) is 32.0 Å². The van der Waals surface area contributed by atoms with Crippen LogP contribution in [0.3, 0.4) is 0 Å². The van der Waals surface area contributed by atoms with Gasteiger partial charge in [0.25, 0.3) is 0 Å². The lowest BCUT2D eigenvalue weighted by Crippen LogP contribution is -2.69. The Kier molecular flexibility index (Phi) is 7.76. The third-order valence-corrected chi connectivity index (χ3v) is 5.64. The SMILES string of the molecule is CCOC(=O)N[C@](Nc1sc2c(c1C(=O)OC)CCN(C)C2)(C(=O)OCC)C(F)(F)F. The molecular formula is C18H24F3N3O6S. The maximum atomic E-state index is 14.2. The second-order valence-electron chi connectivity index (χ2n) is 6.63. The van der Waals surface area contributed by atoms with E-state index in [0.29, 0.717) is 30.0 Å². The van der Waals surface area contributed by atoms with E-state index in [2.05, 4.69) is 9.47 Å². The number of carbonyl (C=O) groups excluding carboxylic acids is 3. The van der Waals surface area contributed by atoms with Crippen molar-refractivity contribution in [2.75, 3.05) is 39.2 Å². The van der Waals surface area contributed by atoms with E-state index in [1.165, 1.54) is 13.8 Å². The number of nitrogens with one attached hydrogen (secondary N) is 2. The lowest BCUT2D eigenvalue weighted by Gasteiger charge is -2.34. The van der Waals surface area contributed by atoms with Crippen LogP contribution < -0.4 is 10.6 Å². The van der Waals surface area contributed by atoms with Crippen molar-refractivity contribution in [3.63, 3.8) is 0 Å². The number of carbonyl (C=O) groups is 3. The molecule has 1 amide bonds. The molecule has 0 unspecified atom stereocenters. The average molecular weight is 467 g/mol. The minimum atomic E-state index is -5.35. The molecule has 0 fully saturated rings. The number of alkyl carbamates (subject to hydrolysis) is 1. The molecule has 13 heteroatoms. The van der Waals surface area contributed by atoms with Crippen LogP contribution in [-0.4, -0.2) is 68.7 Å². The number of halogens is 3.